The zero-order valence-corrected chi connectivity index (χ0v) is 14.2. The Labute approximate surface area is 146 Å². The zero-order valence-electron chi connectivity index (χ0n) is 13.4. The maximum absolute atomic E-state index is 12.4. The number of nitrogens with two attached hydrogens (primary N) is 1. The van der Waals surface area contributed by atoms with Crippen molar-refractivity contribution in [2.45, 2.75) is 25.3 Å². The summed E-state index contributed by atoms with van der Waals surface area (Å²) in [6.45, 7) is 1.40. The number of carbonyl (C=O) groups excluding carboxylic acids is 1. The number of aromatic nitrogens is 2. The summed E-state index contributed by atoms with van der Waals surface area (Å²) >= 11 is 6.03. The van der Waals surface area contributed by atoms with Gasteiger partial charge in [0, 0.05) is 36.5 Å². The minimum absolute atomic E-state index is 0.0775. The van der Waals surface area contributed by atoms with Crippen LogP contribution in [0.1, 0.15) is 29.0 Å². The summed E-state index contributed by atoms with van der Waals surface area (Å²) in [5, 5.41) is 0.739. The first-order valence-corrected chi connectivity index (χ1v) is 8.57. The number of nitrogens with zero attached hydrogens (tertiary/aromatic N) is 3. The molecule has 5 nitrogen and oxygen atoms in total. The van der Waals surface area contributed by atoms with Crippen molar-refractivity contribution in [3.63, 3.8) is 0 Å². The van der Waals surface area contributed by atoms with E-state index < -0.39 is 0 Å². The molecular weight excluding hydrogens is 324 g/mol. The van der Waals surface area contributed by atoms with Crippen molar-refractivity contribution in [2.75, 3.05) is 13.1 Å². The highest BCUT2D eigenvalue weighted by molar-refractivity contribution is 6.30. The lowest BCUT2D eigenvalue weighted by atomic mass is 9.86. The molecule has 0 spiro atoms. The molecule has 6 heteroatoms. The molecule has 1 aliphatic heterocycles. The molecule has 1 saturated heterocycles. The van der Waals surface area contributed by atoms with Crippen LogP contribution in [0, 0.1) is 5.92 Å². The fraction of sp³-hybridized carbons (Fsp3) is 0.389. The number of rotatable bonds is 4. The number of carbonyl (C=O) groups is 1. The Bertz CT molecular complexity index is 686. The van der Waals surface area contributed by atoms with E-state index in [0.717, 1.165) is 29.8 Å². The monoisotopic (exact) mass is 344 g/mol. The Morgan fingerprint density at radius 2 is 1.96 bits per heavy atom. The number of piperidine rings is 1. The summed E-state index contributed by atoms with van der Waals surface area (Å²) in [4.78, 5) is 22.2. The average molecular weight is 345 g/mol. The van der Waals surface area contributed by atoms with Gasteiger partial charge in [-0.15, -0.1) is 0 Å². The molecule has 1 amide bonds. The Morgan fingerprint density at radius 1 is 1.25 bits per heavy atom. The van der Waals surface area contributed by atoms with Crippen molar-refractivity contribution < 1.29 is 4.79 Å². The lowest BCUT2D eigenvalue weighted by molar-refractivity contribution is 0.0665. The Balaban J connectivity index is 1.54. The summed E-state index contributed by atoms with van der Waals surface area (Å²) in [7, 11) is 0. The fourth-order valence-electron chi connectivity index (χ4n) is 3.18. The molecule has 2 heterocycles. The lowest BCUT2D eigenvalue weighted by Gasteiger charge is -2.34. The molecule has 0 aliphatic carbocycles. The molecule has 3 rings (SSSR count). The Hall–Kier alpha value is -1.98. The Morgan fingerprint density at radius 3 is 2.62 bits per heavy atom. The SMILES string of the molecule is N[C@@H](Cc1cccc(Cl)c1)C1CCN(C(=O)c2ncccn2)CC1. The van der Waals surface area contributed by atoms with Crippen LogP contribution in [0.4, 0.5) is 0 Å². The Kier molecular flexibility index (Phi) is 5.43. The highest BCUT2D eigenvalue weighted by atomic mass is 35.5. The number of benzene rings is 1. The molecule has 0 saturated carbocycles. The molecule has 2 aromatic rings. The fourth-order valence-corrected chi connectivity index (χ4v) is 3.40. The van der Waals surface area contributed by atoms with Crippen LogP contribution in [0.25, 0.3) is 0 Å². The van der Waals surface area contributed by atoms with Crippen LogP contribution in [0.3, 0.4) is 0 Å². The molecule has 1 fully saturated rings. The second-order valence-corrected chi connectivity index (χ2v) is 6.64. The summed E-state index contributed by atoms with van der Waals surface area (Å²) in [6, 6.07) is 9.62. The lowest BCUT2D eigenvalue weighted by Crippen LogP contribution is -2.44. The average Bonchev–Trinajstić information content (AvgIpc) is 2.62. The second-order valence-electron chi connectivity index (χ2n) is 6.20. The minimum atomic E-state index is -0.0996. The molecule has 0 bridgehead atoms. The first-order chi connectivity index (χ1) is 11.6. The predicted octanol–water partition coefficient (Wildman–Crippen LogP) is 2.55. The summed E-state index contributed by atoms with van der Waals surface area (Å²) in [5.41, 5.74) is 7.55. The van der Waals surface area contributed by atoms with Crippen molar-refractivity contribution in [3.05, 3.63) is 59.1 Å². The van der Waals surface area contributed by atoms with Crippen molar-refractivity contribution >= 4 is 17.5 Å². The second kappa shape index (κ2) is 7.73. The van der Waals surface area contributed by atoms with E-state index in [4.69, 9.17) is 17.3 Å². The number of halogens is 1. The molecule has 24 heavy (non-hydrogen) atoms. The van der Waals surface area contributed by atoms with Crippen LogP contribution >= 0.6 is 11.6 Å². The van der Waals surface area contributed by atoms with Crippen LogP contribution in [-0.4, -0.2) is 39.9 Å². The van der Waals surface area contributed by atoms with Crippen LogP contribution < -0.4 is 5.73 Å². The third kappa shape index (κ3) is 4.10. The first-order valence-electron chi connectivity index (χ1n) is 8.20. The normalized spacial score (nSPS) is 16.8. The van der Waals surface area contributed by atoms with Gasteiger partial charge in [-0.1, -0.05) is 23.7 Å². The molecule has 1 aromatic carbocycles. The maximum atomic E-state index is 12.4. The maximum Gasteiger partial charge on any atom is 0.291 e. The van der Waals surface area contributed by atoms with Crippen molar-refractivity contribution in [1.82, 2.24) is 14.9 Å². The largest absolute Gasteiger partial charge is 0.336 e. The van der Waals surface area contributed by atoms with Gasteiger partial charge in [0.2, 0.25) is 5.82 Å². The van der Waals surface area contributed by atoms with Gasteiger partial charge in [0.15, 0.2) is 0 Å². The number of likely N-dealkylation sites (tertiary alicyclic amines) is 1. The van der Waals surface area contributed by atoms with Crippen LogP contribution in [0.15, 0.2) is 42.7 Å². The molecule has 1 aliphatic rings. The summed E-state index contributed by atoms with van der Waals surface area (Å²) in [6.07, 6.45) is 5.79. The summed E-state index contributed by atoms with van der Waals surface area (Å²) in [5.74, 6) is 0.571. The topological polar surface area (TPSA) is 72.1 Å². The van der Waals surface area contributed by atoms with Gasteiger partial charge in [0.05, 0.1) is 0 Å². The molecule has 0 radical (unpaired) electrons. The minimum Gasteiger partial charge on any atom is -0.336 e. The summed E-state index contributed by atoms with van der Waals surface area (Å²) < 4.78 is 0. The first kappa shape index (κ1) is 16.9. The van der Waals surface area contributed by atoms with E-state index in [0.29, 0.717) is 19.0 Å². The van der Waals surface area contributed by atoms with Crippen LogP contribution in [0.2, 0.25) is 5.02 Å². The van der Waals surface area contributed by atoms with Gasteiger partial charge in [-0.3, -0.25) is 4.79 Å². The van der Waals surface area contributed by atoms with Crippen molar-refractivity contribution in [3.8, 4) is 0 Å². The van der Waals surface area contributed by atoms with Gasteiger partial charge in [-0.05, 0) is 48.9 Å². The van der Waals surface area contributed by atoms with Crippen molar-refractivity contribution in [1.29, 1.82) is 0 Å². The zero-order chi connectivity index (χ0) is 16.9. The van der Waals surface area contributed by atoms with E-state index in [2.05, 4.69) is 16.0 Å². The van der Waals surface area contributed by atoms with E-state index in [1.165, 1.54) is 0 Å². The highest BCUT2D eigenvalue weighted by Gasteiger charge is 2.28. The third-order valence-corrected chi connectivity index (χ3v) is 4.78. The van der Waals surface area contributed by atoms with Gasteiger partial charge in [-0.25, -0.2) is 9.97 Å². The molecular formula is C18H21ClN4O. The van der Waals surface area contributed by atoms with Crippen molar-refractivity contribution in [2.24, 2.45) is 11.7 Å². The number of hydrogen-bond acceptors (Lipinski definition) is 4. The van der Waals surface area contributed by atoms with Gasteiger partial charge < -0.3 is 10.6 Å². The van der Waals surface area contributed by atoms with Gasteiger partial charge in [0.25, 0.3) is 5.91 Å². The molecule has 2 N–H and O–H groups in total. The number of amides is 1. The molecule has 1 atom stereocenters. The molecule has 126 valence electrons. The smallest absolute Gasteiger partial charge is 0.291 e. The van der Waals surface area contributed by atoms with Crippen LogP contribution in [-0.2, 0) is 6.42 Å². The van der Waals surface area contributed by atoms with Gasteiger partial charge in [-0.2, -0.15) is 0 Å². The predicted molar refractivity (Wildman–Crippen MR) is 93.8 cm³/mol. The van der Waals surface area contributed by atoms with Gasteiger partial charge in [0.1, 0.15) is 0 Å². The number of hydrogen-bond donors (Lipinski definition) is 1. The van der Waals surface area contributed by atoms with E-state index in [1.54, 1.807) is 18.5 Å². The van der Waals surface area contributed by atoms with E-state index in [9.17, 15) is 4.79 Å². The quantitative estimate of drug-likeness (QED) is 0.925. The van der Waals surface area contributed by atoms with E-state index in [-0.39, 0.29) is 17.8 Å². The standard InChI is InChI=1S/C18H21ClN4O/c19-15-4-1-3-13(11-15)12-16(20)14-5-9-23(10-6-14)18(24)17-21-7-2-8-22-17/h1-4,7-8,11,14,16H,5-6,9-10,12,20H2/t16-/m0/s1. The van der Waals surface area contributed by atoms with Gasteiger partial charge >= 0.3 is 0 Å². The highest BCUT2D eigenvalue weighted by Crippen LogP contribution is 2.23. The van der Waals surface area contributed by atoms with Crippen LogP contribution in [0.5, 0.6) is 0 Å². The molecule has 0 unspecified atom stereocenters. The van der Waals surface area contributed by atoms with E-state index in [1.807, 2.05) is 23.1 Å². The molecule has 1 aromatic heterocycles. The van der Waals surface area contributed by atoms with E-state index >= 15 is 0 Å². The third-order valence-electron chi connectivity index (χ3n) is 4.55.